The van der Waals surface area contributed by atoms with Gasteiger partial charge in [-0.3, -0.25) is 4.79 Å². The number of imidazole rings is 1. The molecule has 5 heteroatoms. The Morgan fingerprint density at radius 3 is 2.94 bits per heavy atom. The summed E-state index contributed by atoms with van der Waals surface area (Å²) >= 11 is 0. The Morgan fingerprint density at radius 1 is 1.56 bits per heavy atom. The van der Waals surface area contributed by atoms with Gasteiger partial charge >= 0.3 is 0 Å². The first-order valence-corrected chi connectivity index (χ1v) is 6.47. The van der Waals surface area contributed by atoms with Crippen molar-refractivity contribution in [3.8, 4) is 0 Å². The van der Waals surface area contributed by atoms with E-state index in [0.29, 0.717) is 6.42 Å². The van der Waals surface area contributed by atoms with Crippen LogP contribution in [0.25, 0.3) is 0 Å². The van der Waals surface area contributed by atoms with Crippen LogP contribution in [0.5, 0.6) is 0 Å². The van der Waals surface area contributed by atoms with E-state index in [9.17, 15) is 4.79 Å². The molecule has 0 radical (unpaired) electrons. The molecule has 2 N–H and O–H groups in total. The van der Waals surface area contributed by atoms with Crippen LogP contribution in [0, 0.1) is 0 Å². The standard InChI is InChI=1S/C13H22N4O/c1-13(2,3)15-7-11-6-14-9-17(11)8-10-4-5-12(18)16-10/h6,9-10,15H,4-5,7-8H2,1-3H3,(H,16,18). The number of carbonyl (C=O) groups excluding carboxylic acids is 1. The zero-order valence-corrected chi connectivity index (χ0v) is 11.4. The summed E-state index contributed by atoms with van der Waals surface area (Å²) in [6, 6.07) is 0.250. The summed E-state index contributed by atoms with van der Waals surface area (Å²) in [5.74, 6) is 0.162. The number of amides is 1. The van der Waals surface area contributed by atoms with Gasteiger partial charge in [0.25, 0.3) is 0 Å². The third-order valence-corrected chi connectivity index (χ3v) is 3.10. The second-order valence-electron chi connectivity index (χ2n) is 5.94. The van der Waals surface area contributed by atoms with Crippen LogP contribution >= 0.6 is 0 Å². The molecule has 2 heterocycles. The minimum Gasteiger partial charge on any atom is -0.352 e. The van der Waals surface area contributed by atoms with E-state index < -0.39 is 0 Å². The van der Waals surface area contributed by atoms with Gasteiger partial charge in [-0.15, -0.1) is 0 Å². The summed E-state index contributed by atoms with van der Waals surface area (Å²) in [5.41, 5.74) is 1.25. The quantitative estimate of drug-likeness (QED) is 0.839. The molecule has 0 bridgehead atoms. The molecule has 1 saturated heterocycles. The fraction of sp³-hybridized carbons (Fsp3) is 0.692. The Balaban J connectivity index is 1.93. The van der Waals surface area contributed by atoms with E-state index in [4.69, 9.17) is 0 Å². The lowest BCUT2D eigenvalue weighted by atomic mass is 10.1. The van der Waals surface area contributed by atoms with Crippen LogP contribution in [-0.4, -0.2) is 27.0 Å². The Kier molecular flexibility index (Phi) is 3.71. The third kappa shape index (κ3) is 3.57. The molecule has 0 aliphatic carbocycles. The molecule has 1 atom stereocenters. The lowest BCUT2D eigenvalue weighted by molar-refractivity contribution is -0.119. The SMILES string of the molecule is CC(C)(C)NCc1cncn1CC1CCC(=O)N1. The molecule has 1 amide bonds. The summed E-state index contributed by atoms with van der Waals surface area (Å²) < 4.78 is 2.12. The van der Waals surface area contributed by atoms with E-state index in [2.05, 4.69) is 41.0 Å². The number of hydrogen-bond acceptors (Lipinski definition) is 3. The predicted molar refractivity (Wildman–Crippen MR) is 70.0 cm³/mol. The van der Waals surface area contributed by atoms with E-state index in [1.54, 1.807) is 0 Å². The molecule has 1 fully saturated rings. The molecule has 100 valence electrons. The Bertz CT molecular complexity index is 419. The van der Waals surface area contributed by atoms with Gasteiger partial charge in [0.05, 0.1) is 12.0 Å². The molecule has 2 rings (SSSR count). The highest BCUT2D eigenvalue weighted by Crippen LogP contribution is 2.11. The van der Waals surface area contributed by atoms with Crippen LogP contribution in [0.1, 0.15) is 39.3 Å². The average molecular weight is 250 g/mol. The van der Waals surface area contributed by atoms with Gasteiger partial charge in [-0.05, 0) is 27.2 Å². The van der Waals surface area contributed by atoms with Gasteiger partial charge < -0.3 is 15.2 Å². The van der Waals surface area contributed by atoms with E-state index in [1.165, 1.54) is 0 Å². The number of aromatic nitrogens is 2. The van der Waals surface area contributed by atoms with Gasteiger partial charge in [-0.1, -0.05) is 0 Å². The summed E-state index contributed by atoms with van der Waals surface area (Å²) in [5, 5.41) is 6.43. The fourth-order valence-electron chi connectivity index (χ4n) is 2.07. The number of nitrogens with zero attached hydrogens (tertiary/aromatic N) is 2. The molecular weight excluding hydrogens is 228 g/mol. The predicted octanol–water partition coefficient (Wildman–Crippen LogP) is 1.05. The van der Waals surface area contributed by atoms with E-state index >= 15 is 0 Å². The maximum Gasteiger partial charge on any atom is 0.220 e. The first-order chi connectivity index (χ1) is 8.44. The molecule has 1 aliphatic heterocycles. The smallest absolute Gasteiger partial charge is 0.220 e. The van der Waals surface area contributed by atoms with Crippen molar-refractivity contribution < 1.29 is 4.79 Å². The van der Waals surface area contributed by atoms with Gasteiger partial charge in [0.2, 0.25) is 5.91 Å². The van der Waals surface area contributed by atoms with Crippen LogP contribution in [0.4, 0.5) is 0 Å². The monoisotopic (exact) mass is 250 g/mol. The Hall–Kier alpha value is -1.36. The molecule has 1 aromatic rings. The lowest BCUT2D eigenvalue weighted by Crippen LogP contribution is -2.36. The highest BCUT2D eigenvalue weighted by molar-refractivity contribution is 5.78. The Labute approximate surface area is 108 Å². The van der Waals surface area contributed by atoms with E-state index in [0.717, 1.165) is 25.2 Å². The maximum atomic E-state index is 11.2. The molecule has 0 aromatic carbocycles. The molecule has 0 saturated carbocycles. The van der Waals surface area contributed by atoms with Gasteiger partial charge in [0.1, 0.15) is 0 Å². The highest BCUT2D eigenvalue weighted by atomic mass is 16.1. The van der Waals surface area contributed by atoms with Crippen LogP contribution in [-0.2, 0) is 17.9 Å². The molecule has 18 heavy (non-hydrogen) atoms. The van der Waals surface area contributed by atoms with Crippen molar-refractivity contribution >= 4 is 5.91 Å². The summed E-state index contributed by atoms with van der Waals surface area (Å²) in [6.07, 6.45) is 5.29. The minimum absolute atomic E-state index is 0.0939. The molecule has 5 nitrogen and oxygen atoms in total. The largest absolute Gasteiger partial charge is 0.352 e. The van der Waals surface area contributed by atoms with Crippen molar-refractivity contribution in [2.24, 2.45) is 0 Å². The number of carbonyl (C=O) groups is 1. The number of rotatable bonds is 4. The van der Waals surface area contributed by atoms with Gasteiger partial charge in [0.15, 0.2) is 0 Å². The van der Waals surface area contributed by atoms with Crippen LogP contribution < -0.4 is 10.6 Å². The van der Waals surface area contributed by atoms with Crippen molar-refractivity contribution in [2.75, 3.05) is 0 Å². The minimum atomic E-state index is 0.0939. The van der Waals surface area contributed by atoms with E-state index in [1.807, 2.05) is 12.5 Å². The van der Waals surface area contributed by atoms with Crippen molar-refractivity contribution in [3.05, 3.63) is 18.2 Å². The fourth-order valence-corrected chi connectivity index (χ4v) is 2.07. The number of nitrogens with one attached hydrogen (secondary N) is 2. The second-order valence-corrected chi connectivity index (χ2v) is 5.94. The zero-order valence-electron chi connectivity index (χ0n) is 11.4. The van der Waals surface area contributed by atoms with E-state index in [-0.39, 0.29) is 17.5 Å². The van der Waals surface area contributed by atoms with Crippen molar-refractivity contribution in [2.45, 2.75) is 58.3 Å². The van der Waals surface area contributed by atoms with Crippen molar-refractivity contribution in [1.29, 1.82) is 0 Å². The number of hydrogen-bond donors (Lipinski definition) is 2. The van der Waals surface area contributed by atoms with Gasteiger partial charge in [0, 0.05) is 37.3 Å². The normalized spacial score (nSPS) is 20.2. The summed E-state index contributed by atoms with van der Waals surface area (Å²) in [4.78, 5) is 15.4. The first-order valence-electron chi connectivity index (χ1n) is 6.47. The van der Waals surface area contributed by atoms with Crippen LogP contribution in [0.15, 0.2) is 12.5 Å². The molecule has 1 aromatic heterocycles. The van der Waals surface area contributed by atoms with Crippen LogP contribution in [0.2, 0.25) is 0 Å². The average Bonchev–Trinajstić information content (AvgIpc) is 2.85. The summed E-state index contributed by atoms with van der Waals surface area (Å²) in [7, 11) is 0. The third-order valence-electron chi connectivity index (χ3n) is 3.10. The van der Waals surface area contributed by atoms with Gasteiger partial charge in [-0.2, -0.15) is 0 Å². The molecular formula is C13H22N4O. The zero-order chi connectivity index (χ0) is 13.2. The first kappa shape index (κ1) is 13.1. The highest BCUT2D eigenvalue weighted by Gasteiger charge is 2.21. The summed E-state index contributed by atoms with van der Waals surface area (Å²) in [6.45, 7) is 8.04. The molecule has 1 unspecified atom stereocenters. The van der Waals surface area contributed by atoms with Crippen LogP contribution in [0.3, 0.4) is 0 Å². The van der Waals surface area contributed by atoms with Crippen molar-refractivity contribution in [3.63, 3.8) is 0 Å². The molecule has 1 aliphatic rings. The maximum absolute atomic E-state index is 11.2. The van der Waals surface area contributed by atoms with Crippen molar-refractivity contribution in [1.82, 2.24) is 20.2 Å². The van der Waals surface area contributed by atoms with Gasteiger partial charge in [-0.25, -0.2) is 4.98 Å². The topological polar surface area (TPSA) is 59.0 Å². The molecule has 0 spiro atoms. The lowest BCUT2D eigenvalue weighted by Gasteiger charge is -2.21. The second kappa shape index (κ2) is 5.10. The Morgan fingerprint density at radius 2 is 2.33 bits per heavy atom.